The largest absolute Gasteiger partial charge is 0.435 e. The molecule has 0 aliphatic carbocycles. The summed E-state index contributed by atoms with van der Waals surface area (Å²) in [6, 6.07) is 9.37. The number of nitrogens with zero attached hydrogens (tertiary/aromatic N) is 1. The molecule has 26 heavy (non-hydrogen) atoms. The fourth-order valence-electron chi connectivity index (χ4n) is 4.42. The molecule has 7 heteroatoms. The number of fused-ring (bicyclic) bond motifs is 2. The summed E-state index contributed by atoms with van der Waals surface area (Å²) in [5.74, 6) is 0.215. The van der Waals surface area contributed by atoms with Crippen molar-refractivity contribution in [2.24, 2.45) is 0 Å². The van der Waals surface area contributed by atoms with Crippen LogP contribution in [0.4, 0.5) is 8.78 Å². The highest BCUT2D eigenvalue weighted by molar-refractivity contribution is 7.97. The molecular weight excluding hydrogens is 358 g/mol. The van der Waals surface area contributed by atoms with E-state index < -0.39 is 6.61 Å². The van der Waals surface area contributed by atoms with Gasteiger partial charge in [0, 0.05) is 42.3 Å². The van der Waals surface area contributed by atoms with E-state index in [9.17, 15) is 8.78 Å². The lowest BCUT2D eigenvalue weighted by atomic mass is 9.97. The van der Waals surface area contributed by atoms with Crippen LogP contribution in [0.3, 0.4) is 0 Å². The Kier molecular flexibility index (Phi) is 5.98. The summed E-state index contributed by atoms with van der Waals surface area (Å²) in [4.78, 5) is 1.08. The molecule has 0 saturated carbocycles. The second kappa shape index (κ2) is 8.42. The molecule has 144 valence electrons. The predicted molar refractivity (Wildman–Crippen MR) is 97.6 cm³/mol. The third-order valence-corrected chi connectivity index (χ3v) is 6.91. The second-order valence-electron chi connectivity index (χ2n) is 7.41. The van der Waals surface area contributed by atoms with Gasteiger partial charge >= 0.3 is 6.61 Å². The lowest BCUT2D eigenvalue weighted by molar-refractivity contribution is -0.0498. The summed E-state index contributed by atoms with van der Waals surface area (Å²) in [6.45, 7) is -1.01. The summed E-state index contributed by atoms with van der Waals surface area (Å²) in [5.41, 5.74) is 0. The molecule has 1 aromatic rings. The summed E-state index contributed by atoms with van der Waals surface area (Å²) in [5, 5.41) is 3.87. The highest BCUT2D eigenvalue weighted by Crippen LogP contribution is 2.43. The SMILES string of the molecule is FC(F)Oc1ccc(SN2C3CC[C@@H]2CC(NC2CCOCC2)C3)cc1. The van der Waals surface area contributed by atoms with Crippen molar-refractivity contribution in [3.05, 3.63) is 24.3 Å². The van der Waals surface area contributed by atoms with E-state index in [-0.39, 0.29) is 5.75 Å². The molecular formula is C19H26F2N2O2S. The molecule has 2 unspecified atom stereocenters. The van der Waals surface area contributed by atoms with Crippen LogP contribution >= 0.6 is 11.9 Å². The summed E-state index contributed by atoms with van der Waals surface area (Å²) < 4.78 is 36.9. The molecule has 3 fully saturated rings. The maximum Gasteiger partial charge on any atom is 0.387 e. The maximum absolute atomic E-state index is 12.3. The van der Waals surface area contributed by atoms with Crippen LogP contribution in [0.25, 0.3) is 0 Å². The van der Waals surface area contributed by atoms with Crippen molar-refractivity contribution in [3.8, 4) is 5.75 Å². The van der Waals surface area contributed by atoms with E-state index in [1.54, 1.807) is 24.1 Å². The van der Waals surface area contributed by atoms with Gasteiger partial charge in [-0.2, -0.15) is 8.78 Å². The lowest BCUT2D eigenvalue weighted by Crippen LogP contribution is -2.50. The van der Waals surface area contributed by atoms with Gasteiger partial charge in [0.25, 0.3) is 0 Å². The van der Waals surface area contributed by atoms with Gasteiger partial charge < -0.3 is 14.8 Å². The zero-order valence-corrected chi connectivity index (χ0v) is 15.6. The van der Waals surface area contributed by atoms with Crippen LogP contribution in [0.5, 0.6) is 5.75 Å². The van der Waals surface area contributed by atoms with Crippen molar-refractivity contribution < 1.29 is 18.3 Å². The zero-order valence-electron chi connectivity index (χ0n) is 14.8. The molecule has 4 rings (SSSR count). The quantitative estimate of drug-likeness (QED) is 0.748. The van der Waals surface area contributed by atoms with Crippen LogP contribution in [-0.4, -0.2) is 48.3 Å². The second-order valence-corrected chi connectivity index (χ2v) is 8.48. The number of hydrogen-bond donors (Lipinski definition) is 1. The third-order valence-electron chi connectivity index (χ3n) is 5.62. The first kappa shape index (κ1) is 18.5. The van der Waals surface area contributed by atoms with Gasteiger partial charge in [-0.3, -0.25) is 0 Å². The molecule has 3 heterocycles. The predicted octanol–water partition coefficient (Wildman–Crippen LogP) is 4.06. The van der Waals surface area contributed by atoms with E-state index in [4.69, 9.17) is 4.74 Å². The number of ether oxygens (including phenoxy) is 2. The topological polar surface area (TPSA) is 33.7 Å². The van der Waals surface area contributed by atoms with Crippen LogP contribution in [0.1, 0.15) is 38.5 Å². The number of benzene rings is 1. The number of halogens is 2. The molecule has 0 amide bonds. The molecule has 1 aromatic carbocycles. The Balaban J connectivity index is 1.31. The molecule has 1 N–H and O–H groups in total. The number of piperidine rings is 1. The summed E-state index contributed by atoms with van der Waals surface area (Å²) in [6.07, 6.45) is 7.11. The minimum absolute atomic E-state index is 0.215. The highest BCUT2D eigenvalue weighted by atomic mass is 32.2. The van der Waals surface area contributed by atoms with Crippen LogP contribution in [0.15, 0.2) is 29.2 Å². The van der Waals surface area contributed by atoms with Crippen molar-refractivity contribution in [1.82, 2.24) is 9.62 Å². The minimum Gasteiger partial charge on any atom is -0.435 e. The van der Waals surface area contributed by atoms with E-state index in [1.165, 1.54) is 25.7 Å². The van der Waals surface area contributed by atoms with E-state index in [0.717, 1.165) is 31.0 Å². The van der Waals surface area contributed by atoms with Gasteiger partial charge in [0.2, 0.25) is 0 Å². The fourth-order valence-corrected chi connectivity index (χ4v) is 5.60. The van der Waals surface area contributed by atoms with Crippen LogP contribution in [0.2, 0.25) is 0 Å². The van der Waals surface area contributed by atoms with E-state index in [1.807, 2.05) is 12.1 Å². The number of rotatable bonds is 6. The molecule has 4 nitrogen and oxygen atoms in total. The summed E-state index contributed by atoms with van der Waals surface area (Å²) in [7, 11) is 0. The Labute approximate surface area is 157 Å². The highest BCUT2D eigenvalue weighted by Gasteiger charge is 2.41. The first-order valence-electron chi connectivity index (χ1n) is 9.52. The fraction of sp³-hybridized carbons (Fsp3) is 0.684. The Morgan fingerprint density at radius 3 is 2.27 bits per heavy atom. The van der Waals surface area contributed by atoms with Crippen molar-refractivity contribution in [3.63, 3.8) is 0 Å². The van der Waals surface area contributed by atoms with Gasteiger partial charge in [0.05, 0.1) is 0 Å². The molecule has 3 aliphatic heterocycles. The average molecular weight is 384 g/mol. The molecule has 0 spiro atoms. The van der Waals surface area contributed by atoms with Gasteiger partial charge in [0.15, 0.2) is 0 Å². The molecule has 0 aromatic heterocycles. The van der Waals surface area contributed by atoms with Gasteiger partial charge in [-0.05, 0) is 74.7 Å². The molecule has 0 radical (unpaired) electrons. The Bertz CT molecular complexity index is 569. The van der Waals surface area contributed by atoms with Gasteiger partial charge in [-0.15, -0.1) is 0 Å². The zero-order chi connectivity index (χ0) is 17.9. The number of nitrogens with one attached hydrogen (secondary N) is 1. The molecule has 3 atom stereocenters. The van der Waals surface area contributed by atoms with Crippen molar-refractivity contribution in [2.45, 2.75) is 74.2 Å². The number of hydrogen-bond acceptors (Lipinski definition) is 5. The first-order valence-corrected chi connectivity index (χ1v) is 10.3. The normalized spacial score (nSPS) is 30.0. The monoisotopic (exact) mass is 384 g/mol. The lowest BCUT2D eigenvalue weighted by Gasteiger charge is -2.40. The average Bonchev–Trinajstić information content (AvgIpc) is 2.86. The Morgan fingerprint density at radius 1 is 1.00 bits per heavy atom. The summed E-state index contributed by atoms with van der Waals surface area (Å²) >= 11 is 1.76. The van der Waals surface area contributed by atoms with Crippen molar-refractivity contribution in [1.29, 1.82) is 0 Å². The van der Waals surface area contributed by atoms with E-state index in [0.29, 0.717) is 24.2 Å². The van der Waals surface area contributed by atoms with Gasteiger partial charge in [0.1, 0.15) is 5.75 Å². The standard InChI is InChI=1S/C19H26F2N2O2S/c20-19(21)25-17-3-5-18(6-4-17)26-23-15-1-2-16(23)12-14(11-15)22-13-7-9-24-10-8-13/h3-6,13-16,19,22H,1-2,7-12H2/t14?,15-,16?/m1/s1. The van der Waals surface area contributed by atoms with Crippen LogP contribution < -0.4 is 10.1 Å². The molecule has 2 bridgehead atoms. The van der Waals surface area contributed by atoms with Crippen molar-refractivity contribution >= 4 is 11.9 Å². The third kappa shape index (κ3) is 4.50. The van der Waals surface area contributed by atoms with E-state index in [2.05, 4.69) is 14.4 Å². The van der Waals surface area contributed by atoms with E-state index >= 15 is 0 Å². The smallest absolute Gasteiger partial charge is 0.387 e. The first-order chi connectivity index (χ1) is 12.7. The maximum atomic E-state index is 12.3. The Hall–Kier alpha value is -0.890. The minimum atomic E-state index is -2.77. The van der Waals surface area contributed by atoms with Crippen LogP contribution in [0, 0.1) is 0 Å². The Morgan fingerprint density at radius 2 is 1.65 bits per heavy atom. The molecule has 3 saturated heterocycles. The number of alkyl halides is 2. The van der Waals surface area contributed by atoms with Crippen molar-refractivity contribution in [2.75, 3.05) is 13.2 Å². The van der Waals surface area contributed by atoms with Gasteiger partial charge in [-0.1, -0.05) is 0 Å². The van der Waals surface area contributed by atoms with Gasteiger partial charge in [-0.25, -0.2) is 4.31 Å². The molecule has 3 aliphatic rings. The van der Waals surface area contributed by atoms with Crippen LogP contribution in [-0.2, 0) is 4.74 Å².